The number of carbonyl (C=O) groups is 1. The molecule has 0 saturated heterocycles. The first-order chi connectivity index (χ1) is 17.7. The minimum Gasteiger partial charge on any atom is -0.497 e. The summed E-state index contributed by atoms with van der Waals surface area (Å²) in [5.41, 5.74) is 3.64. The van der Waals surface area contributed by atoms with Crippen LogP contribution >= 0.6 is 11.8 Å². The maximum atomic E-state index is 13.0. The van der Waals surface area contributed by atoms with Gasteiger partial charge in [0, 0.05) is 16.8 Å². The standard InChI is InChI=1S/C29H31N3O4S/c1-29(2,3)21-10-7-19(8-11-21)27-30-31-28(32(27)22-12-14-23(34-4)15-13-22)37-18-24(33)20-9-16-25(35-5)26(17-20)36-6/h7-17H,18H2,1-6H3. The summed E-state index contributed by atoms with van der Waals surface area (Å²) in [5, 5.41) is 9.59. The van der Waals surface area contributed by atoms with Crippen LogP contribution in [0.25, 0.3) is 17.1 Å². The number of benzene rings is 3. The first-order valence-corrected chi connectivity index (χ1v) is 12.8. The van der Waals surface area contributed by atoms with E-state index in [2.05, 4.69) is 55.2 Å². The normalized spacial score (nSPS) is 11.3. The number of hydrogen-bond donors (Lipinski definition) is 0. The summed E-state index contributed by atoms with van der Waals surface area (Å²) in [5.74, 6) is 2.68. The van der Waals surface area contributed by atoms with Gasteiger partial charge in [-0.3, -0.25) is 9.36 Å². The molecule has 0 saturated carbocycles. The van der Waals surface area contributed by atoms with Crippen molar-refractivity contribution in [1.82, 2.24) is 14.8 Å². The SMILES string of the molecule is COc1ccc(-n2c(SCC(=O)c3ccc(OC)c(OC)c3)nnc2-c2ccc(C(C)(C)C)cc2)cc1. The van der Waals surface area contributed by atoms with Crippen molar-refractivity contribution in [1.29, 1.82) is 0 Å². The number of ether oxygens (including phenoxy) is 3. The van der Waals surface area contributed by atoms with E-state index in [9.17, 15) is 4.79 Å². The fraction of sp³-hybridized carbons (Fsp3) is 0.276. The van der Waals surface area contributed by atoms with Crippen LogP contribution in [0, 0.1) is 0 Å². The molecule has 37 heavy (non-hydrogen) atoms. The smallest absolute Gasteiger partial charge is 0.196 e. The molecule has 0 amide bonds. The second-order valence-corrected chi connectivity index (χ2v) is 10.4. The average Bonchev–Trinajstić information content (AvgIpc) is 3.34. The number of aromatic nitrogens is 3. The Morgan fingerprint density at radius 2 is 1.51 bits per heavy atom. The highest BCUT2D eigenvalue weighted by atomic mass is 32.2. The molecule has 4 rings (SSSR count). The van der Waals surface area contributed by atoms with Gasteiger partial charge in [-0.2, -0.15) is 0 Å². The minimum atomic E-state index is -0.0497. The van der Waals surface area contributed by atoms with Crippen LogP contribution in [0.2, 0.25) is 0 Å². The second kappa shape index (κ2) is 11.1. The largest absolute Gasteiger partial charge is 0.497 e. The lowest BCUT2D eigenvalue weighted by Crippen LogP contribution is -2.10. The van der Waals surface area contributed by atoms with E-state index >= 15 is 0 Å². The van der Waals surface area contributed by atoms with E-state index in [0.717, 1.165) is 17.0 Å². The number of hydrogen-bond acceptors (Lipinski definition) is 7. The van der Waals surface area contributed by atoms with Gasteiger partial charge in [0.05, 0.1) is 27.1 Å². The van der Waals surface area contributed by atoms with Crippen LogP contribution in [-0.4, -0.2) is 47.6 Å². The minimum absolute atomic E-state index is 0.0493. The first-order valence-electron chi connectivity index (χ1n) is 11.8. The maximum Gasteiger partial charge on any atom is 0.196 e. The van der Waals surface area contributed by atoms with Crippen LogP contribution in [0.5, 0.6) is 17.2 Å². The van der Waals surface area contributed by atoms with E-state index < -0.39 is 0 Å². The highest BCUT2D eigenvalue weighted by molar-refractivity contribution is 7.99. The van der Waals surface area contributed by atoms with E-state index in [0.29, 0.717) is 28.0 Å². The quantitative estimate of drug-likeness (QED) is 0.192. The number of ketones is 1. The zero-order valence-electron chi connectivity index (χ0n) is 21.9. The Hall–Kier alpha value is -3.78. The molecule has 7 nitrogen and oxygen atoms in total. The number of thioether (sulfide) groups is 1. The molecule has 0 aliphatic heterocycles. The number of nitrogens with zero attached hydrogens (tertiary/aromatic N) is 3. The van der Waals surface area contributed by atoms with Gasteiger partial charge in [-0.15, -0.1) is 10.2 Å². The Kier molecular flexibility index (Phi) is 7.88. The lowest BCUT2D eigenvalue weighted by atomic mass is 9.87. The Labute approximate surface area is 221 Å². The van der Waals surface area contributed by atoms with Crippen LogP contribution < -0.4 is 14.2 Å². The van der Waals surface area contributed by atoms with Crippen molar-refractivity contribution in [2.24, 2.45) is 0 Å². The molecule has 0 bridgehead atoms. The zero-order valence-corrected chi connectivity index (χ0v) is 22.8. The summed E-state index contributed by atoms with van der Waals surface area (Å²) >= 11 is 1.34. The summed E-state index contributed by atoms with van der Waals surface area (Å²) in [4.78, 5) is 13.0. The van der Waals surface area contributed by atoms with E-state index in [1.54, 1.807) is 39.5 Å². The molecule has 4 aromatic rings. The highest BCUT2D eigenvalue weighted by Crippen LogP contribution is 2.32. The predicted octanol–water partition coefficient (Wildman–Crippen LogP) is 6.23. The molecule has 0 aliphatic carbocycles. The summed E-state index contributed by atoms with van der Waals surface area (Å²) in [6.45, 7) is 6.56. The lowest BCUT2D eigenvalue weighted by Gasteiger charge is -2.19. The number of methoxy groups -OCH3 is 3. The van der Waals surface area contributed by atoms with Crippen molar-refractivity contribution in [3.05, 3.63) is 77.9 Å². The fourth-order valence-electron chi connectivity index (χ4n) is 3.86. The van der Waals surface area contributed by atoms with Crippen molar-refractivity contribution in [3.8, 4) is 34.3 Å². The van der Waals surface area contributed by atoms with Gasteiger partial charge in [0.15, 0.2) is 28.3 Å². The molecule has 0 radical (unpaired) electrons. The molecule has 0 spiro atoms. The predicted molar refractivity (Wildman–Crippen MR) is 147 cm³/mol. The molecule has 0 unspecified atom stereocenters. The van der Waals surface area contributed by atoms with Crippen molar-refractivity contribution in [2.45, 2.75) is 31.3 Å². The molecule has 0 N–H and O–H groups in total. The number of rotatable bonds is 9. The number of carbonyl (C=O) groups excluding carboxylic acids is 1. The van der Waals surface area contributed by atoms with Crippen LogP contribution in [0.4, 0.5) is 0 Å². The van der Waals surface area contributed by atoms with Gasteiger partial charge >= 0.3 is 0 Å². The topological polar surface area (TPSA) is 75.5 Å². The third-order valence-corrected chi connectivity index (χ3v) is 6.94. The second-order valence-electron chi connectivity index (χ2n) is 9.45. The van der Waals surface area contributed by atoms with Crippen molar-refractivity contribution in [3.63, 3.8) is 0 Å². The molecule has 1 heterocycles. The lowest BCUT2D eigenvalue weighted by molar-refractivity contribution is 0.102. The molecular weight excluding hydrogens is 486 g/mol. The third-order valence-electron chi connectivity index (χ3n) is 6.01. The molecule has 192 valence electrons. The van der Waals surface area contributed by atoms with Gasteiger partial charge in [0.2, 0.25) is 0 Å². The van der Waals surface area contributed by atoms with E-state index in [1.807, 2.05) is 28.8 Å². The van der Waals surface area contributed by atoms with Crippen LogP contribution in [0.1, 0.15) is 36.7 Å². The third kappa shape index (κ3) is 5.80. The Balaban J connectivity index is 1.66. The van der Waals surface area contributed by atoms with Gasteiger partial charge < -0.3 is 14.2 Å². The van der Waals surface area contributed by atoms with E-state index in [4.69, 9.17) is 14.2 Å². The van der Waals surface area contributed by atoms with E-state index in [-0.39, 0.29) is 17.0 Å². The van der Waals surface area contributed by atoms with Crippen molar-refractivity contribution in [2.75, 3.05) is 27.1 Å². The molecule has 0 atom stereocenters. The Bertz CT molecular complexity index is 1370. The zero-order chi connectivity index (χ0) is 26.6. The Morgan fingerprint density at radius 3 is 2.11 bits per heavy atom. The number of Topliss-reactive ketones (excluding diaryl/α,β-unsaturated/α-hetero) is 1. The highest BCUT2D eigenvalue weighted by Gasteiger charge is 2.20. The van der Waals surface area contributed by atoms with E-state index in [1.165, 1.54) is 17.3 Å². The van der Waals surface area contributed by atoms with Crippen LogP contribution in [0.3, 0.4) is 0 Å². The summed E-state index contributed by atoms with van der Waals surface area (Å²) in [7, 11) is 4.75. The summed E-state index contributed by atoms with van der Waals surface area (Å²) in [6, 6.07) is 21.2. The van der Waals surface area contributed by atoms with Gasteiger partial charge in [0.1, 0.15) is 5.75 Å². The Morgan fingerprint density at radius 1 is 0.838 bits per heavy atom. The fourth-order valence-corrected chi connectivity index (χ4v) is 4.70. The molecule has 0 fully saturated rings. The summed E-state index contributed by atoms with van der Waals surface area (Å²) < 4.78 is 17.9. The molecule has 8 heteroatoms. The van der Waals surface area contributed by atoms with Crippen molar-refractivity contribution < 1.29 is 19.0 Å². The summed E-state index contributed by atoms with van der Waals surface area (Å²) in [6.07, 6.45) is 0. The van der Waals surface area contributed by atoms with Crippen LogP contribution in [0.15, 0.2) is 71.9 Å². The van der Waals surface area contributed by atoms with Gasteiger partial charge in [-0.25, -0.2) is 0 Å². The average molecular weight is 518 g/mol. The van der Waals surface area contributed by atoms with Gasteiger partial charge in [0.25, 0.3) is 0 Å². The van der Waals surface area contributed by atoms with Gasteiger partial charge in [-0.1, -0.05) is 56.8 Å². The molecular formula is C29H31N3O4S. The van der Waals surface area contributed by atoms with Gasteiger partial charge in [-0.05, 0) is 53.4 Å². The monoisotopic (exact) mass is 517 g/mol. The van der Waals surface area contributed by atoms with Crippen molar-refractivity contribution >= 4 is 17.5 Å². The maximum absolute atomic E-state index is 13.0. The first kappa shape index (κ1) is 26.3. The molecule has 3 aromatic carbocycles. The molecule has 0 aliphatic rings. The molecule has 1 aromatic heterocycles. The van der Waals surface area contributed by atoms with Crippen LogP contribution in [-0.2, 0) is 5.41 Å².